The lowest BCUT2D eigenvalue weighted by Crippen LogP contribution is -2.36. The minimum Gasteiger partial charge on any atom is -0.341 e. The van der Waals surface area contributed by atoms with Gasteiger partial charge in [-0.05, 0) is 49.8 Å². The normalized spacial score (nSPS) is 19.3. The van der Waals surface area contributed by atoms with Crippen molar-refractivity contribution in [3.05, 3.63) is 65.7 Å². The molecule has 1 fully saturated rings. The first-order chi connectivity index (χ1) is 13.0. The molecule has 4 nitrogen and oxygen atoms in total. The van der Waals surface area contributed by atoms with E-state index >= 15 is 0 Å². The van der Waals surface area contributed by atoms with Crippen LogP contribution in [0.25, 0.3) is 0 Å². The molecule has 2 aromatic carbocycles. The van der Waals surface area contributed by atoms with E-state index in [4.69, 9.17) is 0 Å². The van der Waals surface area contributed by atoms with E-state index in [1.165, 1.54) is 0 Å². The van der Waals surface area contributed by atoms with Crippen molar-refractivity contribution in [1.82, 2.24) is 4.90 Å². The summed E-state index contributed by atoms with van der Waals surface area (Å²) in [6, 6.07) is 17.9. The molecule has 3 rings (SSSR count). The number of benzene rings is 2. The van der Waals surface area contributed by atoms with Gasteiger partial charge in [0.25, 0.3) is 0 Å². The van der Waals surface area contributed by atoms with Crippen LogP contribution in [0.3, 0.4) is 0 Å². The van der Waals surface area contributed by atoms with Gasteiger partial charge in [0.15, 0.2) is 0 Å². The highest BCUT2D eigenvalue weighted by atomic mass is 16.2. The van der Waals surface area contributed by atoms with Crippen molar-refractivity contribution in [3.63, 3.8) is 0 Å². The van der Waals surface area contributed by atoms with Crippen LogP contribution < -0.4 is 5.32 Å². The SMILES string of the molecule is Cc1ccccc1NC(=O)C1CCC(C(=O)N(C)Cc2ccccc2)CC1. The summed E-state index contributed by atoms with van der Waals surface area (Å²) in [5.41, 5.74) is 3.08. The van der Waals surface area contributed by atoms with Gasteiger partial charge in [-0.1, -0.05) is 48.5 Å². The third-order valence-corrected chi connectivity index (χ3v) is 5.49. The van der Waals surface area contributed by atoms with E-state index in [0.29, 0.717) is 6.54 Å². The smallest absolute Gasteiger partial charge is 0.227 e. The molecule has 0 heterocycles. The Bertz CT molecular complexity index is 780. The van der Waals surface area contributed by atoms with Gasteiger partial charge >= 0.3 is 0 Å². The summed E-state index contributed by atoms with van der Waals surface area (Å²) in [5.74, 6) is 0.291. The third kappa shape index (κ3) is 4.97. The van der Waals surface area contributed by atoms with Crippen molar-refractivity contribution in [1.29, 1.82) is 0 Å². The van der Waals surface area contributed by atoms with Crippen molar-refractivity contribution < 1.29 is 9.59 Å². The van der Waals surface area contributed by atoms with Crippen molar-refractivity contribution in [2.24, 2.45) is 11.8 Å². The zero-order valence-electron chi connectivity index (χ0n) is 16.2. The van der Waals surface area contributed by atoms with Crippen molar-refractivity contribution in [2.75, 3.05) is 12.4 Å². The van der Waals surface area contributed by atoms with Gasteiger partial charge in [-0.2, -0.15) is 0 Å². The van der Waals surface area contributed by atoms with Crippen molar-refractivity contribution in [3.8, 4) is 0 Å². The molecule has 0 aliphatic heterocycles. The summed E-state index contributed by atoms with van der Waals surface area (Å²) in [7, 11) is 1.87. The lowest BCUT2D eigenvalue weighted by Gasteiger charge is -2.30. The molecule has 0 atom stereocenters. The van der Waals surface area contributed by atoms with E-state index in [2.05, 4.69) is 5.32 Å². The van der Waals surface area contributed by atoms with Gasteiger partial charge in [0.2, 0.25) is 11.8 Å². The second-order valence-corrected chi connectivity index (χ2v) is 7.53. The molecule has 0 spiro atoms. The van der Waals surface area contributed by atoms with E-state index in [1.807, 2.05) is 73.5 Å². The maximum absolute atomic E-state index is 12.7. The number of aryl methyl sites for hydroxylation is 1. The highest BCUT2D eigenvalue weighted by Crippen LogP contribution is 2.31. The van der Waals surface area contributed by atoms with E-state index in [9.17, 15) is 9.59 Å². The van der Waals surface area contributed by atoms with Crippen LogP contribution in [0.2, 0.25) is 0 Å². The van der Waals surface area contributed by atoms with Crippen LogP contribution in [-0.4, -0.2) is 23.8 Å². The number of nitrogens with zero attached hydrogens (tertiary/aromatic N) is 1. The Balaban J connectivity index is 1.50. The van der Waals surface area contributed by atoms with Crippen LogP contribution in [-0.2, 0) is 16.1 Å². The highest BCUT2D eigenvalue weighted by Gasteiger charge is 2.31. The first-order valence-electron chi connectivity index (χ1n) is 9.70. The summed E-state index contributed by atoms with van der Waals surface area (Å²) in [6.07, 6.45) is 3.11. The summed E-state index contributed by atoms with van der Waals surface area (Å²) in [5, 5.41) is 3.05. The second kappa shape index (κ2) is 8.85. The first kappa shape index (κ1) is 19.2. The Morgan fingerprint density at radius 2 is 1.52 bits per heavy atom. The zero-order chi connectivity index (χ0) is 19.2. The largest absolute Gasteiger partial charge is 0.341 e. The Kier molecular flexibility index (Phi) is 6.28. The number of carbonyl (C=O) groups is 2. The maximum Gasteiger partial charge on any atom is 0.227 e. The standard InChI is InChI=1S/C23H28N2O2/c1-17-8-6-7-11-21(17)24-22(26)19-12-14-20(15-13-19)23(27)25(2)16-18-9-4-3-5-10-18/h3-11,19-20H,12-16H2,1-2H3,(H,24,26). The van der Waals surface area contributed by atoms with Gasteiger partial charge in [-0.3, -0.25) is 9.59 Å². The average molecular weight is 364 g/mol. The molecule has 1 N–H and O–H groups in total. The number of hydrogen-bond donors (Lipinski definition) is 1. The molecule has 1 saturated carbocycles. The molecule has 142 valence electrons. The summed E-state index contributed by atoms with van der Waals surface area (Å²) in [6.45, 7) is 2.63. The monoisotopic (exact) mass is 364 g/mol. The number of para-hydroxylation sites is 1. The minimum absolute atomic E-state index is 0.00640. The Hall–Kier alpha value is -2.62. The van der Waals surface area contributed by atoms with Crippen LogP contribution in [0.15, 0.2) is 54.6 Å². The van der Waals surface area contributed by atoms with Crippen molar-refractivity contribution in [2.45, 2.75) is 39.2 Å². The predicted octanol–water partition coefficient (Wildman–Crippen LogP) is 4.40. The van der Waals surface area contributed by atoms with E-state index in [-0.39, 0.29) is 23.7 Å². The van der Waals surface area contributed by atoms with Crippen molar-refractivity contribution >= 4 is 17.5 Å². The molecule has 0 bridgehead atoms. The van der Waals surface area contributed by atoms with E-state index in [1.54, 1.807) is 0 Å². The Morgan fingerprint density at radius 3 is 2.19 bits per heavy atom. The summed E-state index contributed by atoms with van der Waals surface area (Å²) in [4.78, 5) is 27.1. The predicted molar refractivity (Wildman–Crippen MR) is 108 cm³/mol. The lowest BCUT2D eigenvalue weighted by atomic mass is 9.81. The molecule has 2 aromatic rings. The van der Waals surface area contributed by atoms with Crippen LogP contribution in [0.1, 0.15) is 36.8 Å². The molecule has 0 radical (unpaired) electrons. The number of amides is 2. The van der Waals surface area contributed by atoms with Gasteiger partial charge in [0.1, 0.15) is 0 Å². The maximum atomic E-state index is 12.7. The lowest BCUT2D eigenvalue weighted by molar-refractivity contribution is -0.137. The minimum atomic E-state index is -0.00640. The molecule has 2 amide bonds. The molecule has 1 aliphatic rings. The molecule has 27 heavy (non-hydrogen) atoms. The van der Waals surface area contributed by atoms with Crippen LogP contribution in [0, 0.1) is 18.8 Å². The van der Waals surface area contributed by atoms with Gasteiger partial charge < -0.3 is 10.2 Å². The number of anilines is 1. The van der Waals surface area contributed by atoms with Crippen LogP contribution in [0.4, 0.5) is 5.69 Å². The zero-order valence-corrected chi connectivity index (χ0v) is 16.2. The van der Waals surface area contributed by atoms with Crippen LogP contribution >= 0.6 is 0 Å². The fraction of sp³-hybridized carbons (Fsp3) is 0.391. The highest BCUT2D eigenvalue weighted by molar-refractivity contribution is 5.93. The van der Waals surface area contributed by atoms with E-state index < -0.39 is 0 Å². The van der Waals surface area contributed by atoms with Gasteiger partial charge in [0, 0.05) is 31.1 Å². The fourth-order valence-electron chi connectivity index (χ4n) is 3.80. The van der Waals surface area contributed by atoms with E-state index in [0.717, 1.165) is 42.5 Å². The molecular formula is C23H28N2O2. The van der Waals surface area contributed by atoms with Gasteiger partial charge in [-0.15, -0.1) is 0 Å². The third-order valence-electron chi connectivity index (χ3n) is 5.49. The average Bonchev–Trinajstić information content (AvgIpc) is 2.70. The van der Waals surface area contributed by atoms with Crippen LogP contribution in [0.5, 0.6) is 0 Å². The molecule has 0 unspecified atom stereocenters. The number of nitrogens with one attached hydrogen (secondary N) is 1. The summed E-state index contributed by atoms with van der Waals surface area (Å²) < 4.78 is 0. The van der Waals surface area contributed by atoms with Gasteiger partial charge in [-0.25, -0.2) is 0 Å². The Labute approximate surface area is 161 Å². The molecule has 4 heteroatoms. The topological polar surface area (TPSA) is 49.4 Å². The summed E-state index contributed by atoms with van der Waals surface area (Å²) >= 11 is 0. The second-order valence-electron chi connectivity index (χ2n) is 7.53. The van der Waals surface area contributed by atoms with Gasteiger partial charge in [0.05, 0.1) is 0 Å². The molecular weight excluding hydrogens is 336 g/mol. The quantitative estimate of drug-likeness (QED) is 0.855. The first-order valence-corrected chi connectivity index (χ1v) is 9.70. The molecule has 0 aromatic heterocycles. The number of carbonyl (C=O) groups excluding carboxylic acids is 2. The number of rotatable bonds is 5. The molecule has 0 saturated heterocycles. The molecule has 1 aliphatic carbocycles. The Morgan fingerprint density at radius 1 is 0.926 bits per heavy atom. The number of hydrogen-bond acceptors (Lipinski definition) is 2. The fourth-order valence-corrected chi connectivity index (χ4v) is 3.80.